The lowest BCUT2D eigenvalue weighted by Crippen LogP contribution is -2.37. The van der Waals surface area contributed by atoms with Gasteiger partial charge in [0.2, 0.25) is 0 Å². The Bertz CT molecular complexity index is 625. The highest BCUT2D eigenvalue weighted by molar-refractivity contribution is 9.10. The number of halogens is 2. The molecule has 0 fully saturated rings. The first kappa shape index (κ1) is 17.0. The fraction of sp³-hybridized carbons (Fsp3) is 0.357. The topological polar surface area (TPSA) is 68.1 Å². The van der Waals surface area contributed by atoms with Gasteiger partial charge in [-0.25, -0.2) is 0 Å². The van der Waals surface area contributed by atoms with Gasteiger partial charge in [-0.15, -0.1) is 12.4 Å². The molecule has 2 aromatic rings. The quantitative estimate of drug-likeness (QED) is 0.821. The van der Waals surface area contributed by atoms with Gasteiger partial charge in [0.25, 0.3) is 0 Å². The van der Waals surface area contributed by atoms with E-state index in [1.165, 1.54) is 7.11 Å². The third kappa shape index (κ3) is 2.85. The normalized spacial score (nSPS) is 12.8. The van der Waals surface area contributed by atoms with Crippen molar-refractivity contribution in [2.24, 2.45) is 11.1 Å². The highest BCUT2D eigenvalue weighted by Crippen LogP contribution is 2.36. The van der Waals surface area contributed by atoms with Crippen LogP contribution in [-0.4, -0.2) is 18.1 Å². The maximum atomic E-state index is 11.9. The number of methoxy groups -OCH3 is 1. The minimum atomic E-state index is -0.786. The number of nitrogens with one attached hydrogen (secondary N) is 1. The second-order valence-electron chi connectivity index (χ2n) is 5.12. The van der Waals surface area contributed by atoms with Crippen LogP contribution in [-0.2, 0) is 9.53 Å². The van der Waals surface area contributed by atoms with E-state index < -0.39 is 11.5 Å². The molecule has 0 radical (unpaired) electrons. The molecule has 0 aliphatic carbocycles. The number of rotatable bonds is 3. The molecule has 3 N–H and O–H groups in total. The van der Waals surface area contributed by atoms with Gasteiger partial charge >= 0.3 is 5.97 Å². The van der Waals surface area contributed by atoms with Crippen LogP contribution in [0.5, 0.6) is 0 Å². The number of hydrogen-bond donors (Lipinski definition) is 2. The molecule has 0 amide bonds. The van der Waals surface area contributed by atoms with Gasteiger partial charge < -0.3 is 15.5 Å². The average Bonchev–Trinajstić information content (AvgIpc) is 2.79. The Morgan fingerprint density at radius 2 is 2.10 bits per heavy atom. The zero-order valence-corrected chi connectivity index (χ0v) is 14.0. The molecule has 0 aliphatic rings. The molecule has 6 heteroatoms. The van der Waals surface area contributed by atoms with E-state index >= 15 is 0 Å². The van der Waals surface area contributed by atoms with Crippen LogP contribution < -0.4 is 5.73 Å². The molecule has 0 unspecified atom stereocenters. The average molecular weight is 362 g/mol. The molecule has 20 heavy (non-hydrogen) atoms. The predicted molar refractivity (Wildman–Crippen MR) is 86.0 cm³/mol. The van der Waals surface area contributed by atoms with E-state index in [0.29, 0.717) is 0 Å². The molecule has 0 bridgehead atoms. The van der Waals surface area contributed by atoms with Gasteiger partial charge in [-0.2, -0.15) is 0 Å². The van der Waals surface area contributed by atoms with Gasteiger partial charge in [0.05, 0.1) is 12.5 Å². The monoisotopic (exact) mass is 360 g/mol. The van der Waals surface area contributed by atoms with Crippen LogP contribution in [0.1, 0.15) is 25.5 Å². The first-order chi connectivity index (χ1) is 8.87. The predicted octanol–water partition coefficient (Wildman–Crippen LogP) is 3.55. The first-order valence-corrected chi connectivity index (χ1v) is 6.77. The van der Waals surface area contributed by atoms with E-state index in [2.05, 4.69) is 20.9 Å². The fourth-order valence-corrected chi connectivity index (χ4v) is 2.51. The molecule has 2 rings (SSSR count). The zero-order valence-electron chi connectivity index (χ0n) is 11.6. The molecule has 0 aliphatic heterocycles. The summed E-state index contributed by atoms with van der Waals surface area (Å²) in [4.78, 5) is 15.0. The van der Waals surface area contributed by atoms with E-state index in [9.17, 15) is 4.79 Å². The summed E-state index contributed by atoms with van der Waals surface area (Å²) < 4.78 is 5.81. The lowest BCUT2D eigenvalue weighted by Gasteiger charge is -2.28. The minimum Gasteiger partial charge on any atom is -0.469 e. The smallest absolute Gasteiger partial charge is 0.313 e. The molecule has 1 aromatic carbocycles. The van der Waals surface area contributed by atoms with Crippen molar-refractivity contribution in [2.75, 3.05) is 7.11 Å². The van der Waals surface area contributed by atoms with Gasteiger partial charge in [0.15, 0.2) is 0 Å². The van der Waals surface area contributed by atoms with Crippen molar-refractivity contribution in [2.45, 2.75) is 19.9 Å². The van der Waals surface area contributed by atoms with Crippen molar-refractivity contribution in [3.05, 3.63) is 34.4 Å². The highest BCUT2D eigenvalue weighted by Gasteiger charge is 2.37. The molecule has 1 heterocycles. The van der Waals surface area contributed by atoms with Gasteiger partial charge in [-0.05, 0) is 37.6 Å². The van der Waals surface area contributed by atoms with Crippen molar-refractivity contribution >= 4 is 45.2 Å². The zero-order chi connectivity index (χ0) is 14.2. The summed E-state index contributed by atoms with van der Waals surface area (Å²) >= 11 is 3.45. The molecular formula is C14H18BrClN2O2. The van der Waals surface area contributed by atoms with Gasteiger partial charge in [0, 0.05) is 27.6 Å². The van der Waals surface area contributed by atoms with Crippen LogP contribution >= 0.6 is 28.3 Å². The van der Waals surface area contributed by atoms with Crippen LogP contribution in [0.3, 0.4) is 0 Å². The lowest BCUT2D eigenvalue weighted by molar-refractivity contribution is -0.152. The third-order valence-electron chi connectivity index (χ3n) is 3.50. The third-order valence-corrected chi connectivity index (χ3v) is 3.99. The lowest BCUT2D eigenvalue weighted by atomic mass is 9.81. The second kappa shape index (κ2) is 6.16. The Labute approximate surface area is 132 Å². The van der Waals surface area contributed by atoms with Crippen molar-refractivity contribution in [1.82, 2.24) is 4.98 Å². The Morgan fingerprint density at radius 1 is 1.45 bits per heavy atom. The van der Waals surface area contributed by atoms with Crippen molar-refractivity contribution in [1.29, 1.82) is 0 Å². The largest absolute Gasteiger partial charge is 0.469 e. The number of H-pyrrole nitrogens is 1. The van der Waals surface area contributed by atoms with Gasteiger partial charge in [-0.1, -0.05) is 15.9 Å². The summed E-state index contributed by atoms with van der Waals surface area (Å²) in [6, 6.07) is 5.48. The summed E-state index contributed by atoms with van der Waals surface area (Å²) in [6.07, 6.45) is 1.85. The van der Waals surface area contributed by atoms with Crippen molar-refractivity contribution < 1.29 is 9.53 Å². The minimum absolute atomic E-state index is 0. The van der Waals surface area contributed by atoms with E-state index in [0.717, 1.165) is 20.9 Å². The highest BCUT2D eigenvalue weighted by atomic mass is 79.9. The second-order valence-corrected chi connectivity index (χ2v) is 6.04. The van der Waals surface area contributed by atoms with Crippen molar-refractivity contribution in [3.8, 4) is 0 Å². The molecule has 0 spiro atoms. The molecular weight excluding hydrogens is 344 g/mol. The van der Waals surface area contributed by atoms with Gasteiger partial charge in [0.1, 0.15) is 0 Å². The van der Waals surface area contributed by atoms with Crippen LogP contribution in [0.2, 0.25) is 0 Å². The number of esters is 1. The number of aromatic nitrogens is 1. The Kier molecular flexibility index (Phi) is 5.24. The summed E-state index contributed by atoms with van der Waals surface area (Å²) in [5, 5.41) is 1.01. The van der Waals surface area contributed by atoms with E-state index in [4.69, 9.17) is 10.5 Å². The van der Waals surface area contributed by atoms with E-state index in [1.807, 2.05) is 24.4 Å². The van der Waals surface area contributed by atoms with Gasteiger partial charge in [-0.3, -0.25) is 4.79 Å². The number of fused-ring (bicyclic) bond motifs is 1. The van der Waals surface area contributed by atoms with E-state index in [-0.39, 0.29) is 18.4 Å². The van der Waals surface area contributed by atoms with Crippen LogP contribution in [0.15, 0.2) is 28.9 Å². The SMILES string of the molecule is COC(=O)C(C)(C)[C@@H](N)c1c[nH]c2ccc(Br)cc12.Cl. The first-order valence-electron chi connectivity index (χ1n) is 5.98. The van der Waals surface area contributed by atoms with Crippen molar-refractivity contribution in [3.63, 3.8) is 0 Å². The maximum Gasteiger partial charge on any atom is 0.313 e. The Hall–Kier alpha value is -1.04. The summed E-state index contributed by atoms with van der Waals surface area (Å²) in [6.45, 7) is 3.58. The summed E-state index contributed by atoms with van der Waals surface area (Å²) in [5.74, 6) is -0.315. The molecule has 4 nitrogen and oxygen atoms in total. The standard InChI is InChI=1S/C14H17BrN2O2.ClH/c1-14(2,13(18)19-3)12(16)10-7-17-11-5-4-8(15)6-9(10)11;/h4-7,12,17H,16H2,1-3H3;1H/t12-;/m0./s1. The number of carbonyl (C=O) groups excluding carboxylic acids is 1. The molecule has 1 aromatic heterocycles. The molecule has 110 valence electrons. The number of ether oxygens (including phenoxy) is 1. The van der Waals surface area contributed by atoms with E-state index in [1.54, 1.807) is 13.8 Å². The Morgan fingerprint density at radius 3 is 2.70 bits per heavy atom. The summed E-state index contributed by atoms with van der Waals surface area (Å²) in [7, 11) is 1.38. The van der Waals surface area contributed by atoms with Crippen LogP contribution in [0, 0.1) is 5.41 Å². The maximum absolute atomic E-state index is 11.9. The van der Waals surface area contributed by atoms with Crippen LogP contribution in [0.4, 0.5) is 0 Å². The number of nitrogens with two attached hydrogens (primary N) is 1. The number of benzene rings is 1. The number of aromatic amines is 1. The summed E-state index contributed by atoms with van der Waals surface area (Å²) in [5.41, 5.74) is 7.39. The number of carbonyl (C=O) groups is 1. The fourth-order valence-electron chi connectivity index (χ4n) is 2.15. The molecule has 0 saturated carbocycles. The molecule has 1 atom stereocenters. The number of hydrogen-bond acceptors (Lipinski definition) is 3. The Balaban J connectivity index is 0.00000200. The molecule has 0 saturated heterocycles. The van der Waals surface area contributed by atoms with Crippen LogP contribution in [0.25, 0.3) is 10.9 Å².